The molecule has 25 heavy (non-hydrogen) atoms. The van der Waals surface area contributed by atoms with Crippen LogP contribution in [-0.4, -0.2) is 24.5 Å². The first kappa shape index (κ1) is 17.0. The van der Waals surface area contributed by atoms with Gasteiger partial charge in [-0.05, 0) is 62.6 Å². The SMILES string of the molecule is Cc1ccc(NC(=O)N[C@H]2CCN(c3ccc(C)c(C)c3)C2=O)cc1. The lowest BCUT2D eigenvalue weighted by Gasteiger charge is -2.18. The smallest absolute Gasteiger partial charge is 0.319 e. The summed E-state index contributed by atoms with van der Waals surface area (Å²) in [6.07, 6.45) is 0.604. The molecule has 0 spiro atoms. The Labute approximate surface area is 148 Å². The van der Waals surface area contributed by atoms with Gasteiger partial charge in [0.05, 0.1) is 0 Å². The van der Waals surface area contributed by atoms with Crippen LogP contribution in [-0.2, 0) is 4.79 Å². The number of hydrogen-bond donors (Lipinski definition) is 2. The molecule has 0 saturated carbocycles. The van der Waals surface area contributed by atoms with Crippen molar-refractivity contribution in [2.75, 3.05) is 16.8 Å². The van der Waals surface area contributed by atoms with E-state index in [1.54, 1.807) is 4.90 Å². The molecule has 1 aliphatic heterocycles. The molecular formula is C20H23N3O2. The van der Waals surface area contributed by atoms with E-state index in [4.69, 9.17) is 0 Å². The van der Waals surface area contributed by atoms with Gasteiger partial charge in [0.25, 0.3) is 0 Å². The third kappa shape index (κ3) is 3.82. The molecule has 0 bridgehead atoms. The molecule has 0 unspecified atom stereocenters. The van der Waals surface area contributed by atoms with Crippen molar-refractivity contribution < 1.29 is 9.59 Å². The summed E-state index contributed by atoms with van der Waals surface area (Å²) < 4.78 is 0. The van der Waals surface area contributed by atoms with Gasteiger partial charge in [-0.2, -0.15) is 0 Å². The summed E-state index contributed by atoms with van der Waals surface area (Å²) in [4.78, 5) is 26.5. The fourth-order valence-electron chi connectivity index (χ4n) is 2.93. The van der Waals surface area contributed by atoms with Crippen molar-refractivity contribution in [2.45, 2.75) is 33.2 Å². The summed E-state index contributed by atoms with van der Waals surface area (Å²) in [5.41, 5.74) is 5.07. The topological polar surface area (TPSA) is 61.4 Å². The molecule has 0 aliphatic carbocycles. The quantitative estimate of drug-likeness (QED) is 0.900. The predicted octanol–water partition coefficient (Wildman–Crippen LogP) is 3.54. The zero-order valence-electron chi connectivity index (χ0n) is 14.8. The highest BCUT2D eigenvalue weighted by molar-refractivity contribution is 6.02. The highest BCUT2D eigenvalue weighted by Crippen LogP contribution is 2.24. The van der Waals surface area contributed by atoms with E-state index >= 15 is 0 Å². The maximum Gasteiger partial charge on any atom is 0.319 e. The summed E-state index contributed by atoms with van der Waals surface area (Å²) in [5.74, 6) is -0.0673. The summed E-state index contributed by atoms with van der Waals surface area (Å²) in [6.45, 7) is 6.67. The van der Waals surface area contributed by atoms with E-state index in [-0.39, 0.29) is 11.9 Å². The molecule has 0 aromatic heterocycles. The predicted molar refractivity (Wildman–Crippen MR) is 100 cm³/mol. The van der Waals surface area contributed by atoms with Crippen molar-refractivity contribution in [3.8, 4) is 0 Å². The monoisotopic (exact) mass is 337 g/mol. The number of aryl methyl sites for hydroxylation is 3. The number of rotatable bonds is 3. The number of amides is 3. The van der Waals surface area contributed by atoms with Gasteiger partial charge in [-0.25, -0.2) is 4.79 Å². The Morgan fingerprint density at radius 3 is 2.44 bits per heavy atom. The van der Waals surface area contributed by atoms with Crippen LogP contribution in [0.25, 0.3) is 0 Å². The maximum absolute atomic E-state index is 12.6. The van der Waals surface area contributed by atoms with Crippen LogP contribution in [0.4, 0.5) is 16.2 Å². The molecule has 1 atom stereocenters. The first-order chi connectivity index (χ1) is 11.9. The van der Waals surface area contributed by atoms with E-state index in [1.165, 1.54) is 5.56 Å². The lowest BCUT2D eigenvalue weighted by molar-refractivity contribution is -0.118. The van der Waals surface area contributed by atoms with Gasteiger partial charge in [-0.3, -0.25) is 4.79 Å². The number of urea groups is 1. The van der Waals surface area contributed by atoms with Gasteiger partial charge < -0.3 is 15.5 Å². The van der Waals surface area contributed by atoms with E-state index in [1.807, 2.05) is 63.2 Å². The van der Waals surface area contributed by atoms with E-state index in [9.17, 15) is 9.59 Å². The molecular weight excluding hydrogens is 314 g/mol. The molecule has 5 nitrogen and oxygen atoms in total. The van der Waals surface area contributed by atoms with Gasteiger partial charge in [0.2, 0.25) is 5.91 Å². The molecule has 1 heterocycles. The zero-order valence-corrected chi connectivity index (χ0v) is 14.8. The Balaban J connectivity index is 1.62. The van der Waals surface area contributed by atoms with E-state index in [0.29, 0.717) is 18.7 Å². The van der Waals surface area contributed by atoms with Crippen LogP contribution in [0.2, 0.25) is 0 Å². The van der Waals surface area contributed by atoms with E-state index in [2.05, 4.69) is 10.6 Å². The molecule has 2 aromatic rings. The molecule has 1 fully saturated rings. The second-order valence-corrected chi connectivity index (χ2v) is 6.56. The van der Waals surface area contributed by atoms with Crippen molar-refractivity contribution in [3.63, 3.8) is 0 Å². The molecule has 3 amide bonds. The Morgan fingerprint density at radius 2 is 1.76 bits per heavy atom. The minimum Gasteiger partial charge on any atom is -0.326 e. The minimum absolute atomic E-state index is 0.0673. The average Bonchev–Trinajstić information content (AvgIpc) is 2.93. The highest BCUT2D eigenvalue weighted by Gasteiger charge is 2.33. The number of anilines is 2. The zero-order chi connectivity index (χ0) is 18.0. The fourth-order valence-corrected chi connectivity index (χ4v) is 2.93. The van der Waals surface area contributed by atoms with Gasteiger partial charge in [0.1, 0.15) is 6.04 Å². The first-order valence-corrected chi connectivity index (χ1v) is 8.47. The van der Waals surface area contributed by atoms with Gasteiger partial charge in [-0.15, -0.1) is 0 Å². The summed E-state index contributed by atoms with van der Waals surface area (Å²) in [5, 5.41) is 5.54. The third-order valence-electron chi connectivity index (χ3n) is 4.62. The average molecular weight is 337 g/mol. The van der Waals surface area contributed by atoms with Crippen LogP contribution in [0.5, 0.6) is 0 Å². The van der Waals surface area contributed by atoms with Crippen molar-refractivity contribution in [3.05, 3.63) is 59.2 Å². The van der Waals surface area contributed by atoms with E-state index < -0.39 is 6.04 Å². The van der Waals surface area contributed by atoms with Crippen LogP contribution in [0.15, 0.2) is 42.5 Å². The summed E-state index contributed by atoms with van der Waals surface area (Å²) in [6, 6.07) is 12.7. The third-order valence-corrected chi connectivity index (χ3v) is 4.62. The lowest BCUT2D eigenvalue weighted by atomic mass is 10.1. The van der Waals surface area contributed by atoms with Crippen LogP contribution in [0, 0.1) is 20.8 Å². The van der Waals surface area contributed by atoms with Gasteiger partial charge in [-0.1, -0.05) is 23.8 Å². The first-order valence-electron chi connectivity index (χ1n) is 8.47. The molecule has 2 aromatic carbocycles. The highest BCUT2D eigenvalue weighted by atomic mass is 16.2. The van der Waals surface area contributed by atoms with E-state index in [0.717, 1.165) is 16.8 Å². The normalized spacial score (nSPS) is 16.8. The fraction of sp³-hybridized carbons (Fsp3) is 0.300. The van der Waals surface area contributed by atoms with Crippen molar-refractivity contribution in [1.82, 2.24) is 5.32 Å². The second-order valence-electron chi connectivity index (χ2n) is 6.56. The number of hydrogen-bond acceptors (Lipinski definition) is 2. The second kappa shape index (κ2) is 6.97. The minimum atomic E-state index is -0.493. The molecule has 0 radical (unpaired) electrons. The summed E-state index contributed by atoms with van der Waals surface area (Å²) >= 11 is 0. The number of carbonyl (C=O) groups excluding carboxylic acids is 2. The lowest BCUT2D eigenvalue weighted by Crippen LogP contribution is -2.43. The number of nitrogens with one attached hydrogen (secondary N) is 2. The molecule has 3 rings (SSSR count). The molecule has 1 aliphatic rings. The van der Waals surface area contributed by atoms with Crippen LogP contribution in [0.1, 0.15) is 23.1 Å². The standard InChI is InChI=1S/C20H23N3O2/c1-13-4-7-16(8-5-13)21-20(25)22-18-10-11-23(19(18)24)17-9-6-14(2)15(3)12-17/h4-9,12,18H,10-11H2,1-3H3,(H2,21,22,25)/t18-/m0/s1. The summed E-state index contributed by atoms with van der Waals surface area (Å²) in [7, 11) is 0. The number of nitrogens with zero attached hydrogens (tertiary/aromatic N) is 1. The molecule has 5 heteroatoms. The van der Waals surface area contributed by atoms with Crippen molar-refractivity contribution >= 4 is 23.3 Å². The molecule has 130 valence electrons. The van der Waals surface area contributed by atoms with Crippen molar-refractivity contribution in [2.24, 2.45) is 0 Å². The van der Waals surface area contributed by atoms with Crippen molar-refractivity contribution in [1.29, 1.82) is 0 Å². The number of benzene rings is 2. The largest absolute Gasteiger partial charge is 0.326 e. The molecule has 1 saturated heterocycles. The Kier molecular flexibility index (Phi) is 4.74. The maximum atomic E-state index is 12.6. The Morgan fingerprint density at radius 1 is 1.04 bits per heavy atom. The number of carbonyl (C=O) groups is 2. The molecule has 2 N–H and O–H groups in total. The van der Waals surface area contributed by atoms with Gasteiger partial charge >= 0.3 is 6.03 Å². The van der Waals surface area contributed by atoms with Crippen LogP contribution in [0.3, 0.4) is 0 Å². The van der Waals surface area contributed by atoms with Crippen LogP contribution >= 0.6 is 0 Å². The Bertz CT molecular complexity index is 799. The van der Waals surface area contributed by atoms with Gasteiger partial charge in [0.15, 0.2) is 0 Å². The van der Waals surface area contributed by atoms with Gasteiger partial charge in [0, 0.05) is 17.9 Å². The Hall–Kier alpha value is -2.82. The van der Waals surface area contributed by atoms with Crippen LogP contribution < -0.4 is 15.5 Å².